The fourth-order valence-corrected chi connectivity index (χ4v) is 4.01. The van der Waals surface area contributed by atoms with E-state index in [-0.39, 0.29) is 0 Å². The van der Waals surface area contributed by atoms with Crippen molar-refractivity contribution in [1.29, 1.82) is 0 Å². The minimum absolute atomic E-state index is 0.634. The molecule has 0 spiro atoms. The molecule has 0 bridgehead atoms. The van der Waals surface area contributed by atoms with Crippen molar-refractivity contribution < 1.29 is 79.9 Å². The Kier molecular flexibility index (Phi) is 9.18. The molecule has 3 rings (SSSR count). The molecule has 3 aliphatic heterocycles. The summed E-state index contributed by atoms with van der Waals surface area (Å²) in [6.45, 7) is -3.14. The van der Waals surface area contributed by atoms with Gasteiger partial charge in [-0.3, -0.25) is 0 Å². The monoisotopic (exact) mass is 504 g/mol. The van der Waals surface area contributed by atoms with Crippen LogP contribution in [0.1, 0.15) is 0 Å². The molecular formula is C18H32O16. The summed E-state index contributed by atoms with van der Waals surface area (Å²) in [6.07, 6.45) is -21.8. The number of aliphatic hydroxyl groups excluding tert-OH is 11. The van der Waals surface area contributed by atoms with E-state index in [0.717, 1.165) is 0 Å². The van der Waals surface area contributed by atoms with Crippen molar-refractivity contribution in [2.45, 2.75) is 85.5 Å². The van der Waals surface area contributed by atoms with Crippen LogP contribution in [0.5, 0.6) is 0 Å². The molecule has 3 saturated heterocycles. The molecule has 16 heteroatoms. The van der Waals surface area contributed by atoms with Gasteiger partial charge in [-0.15, -0.1) is 0 Å². The molecule has 0 aromatic carbocycles. The third-order valence-corrected chi connectivity index (χ3v) is 6.16. The Bertz CT molecular complexity index is 653. The molecule has 0 unspecified atom stereocenters. The first-order valence-electron chi connectivity index (χ1n) is 10.6. The van der Waals surface area contributed by atoms with Crippen molar-refractivity contribution in [3.63, 3.8) is 0 Å². The Morgan fingerprint density at radius 3 is 1.65 bits per heavy atom. The fourth-order valence-electron chi connectivity index (χ4n) is 4.01. The van der Waals surface area contributed by atoms with Crippen LogP contribution < -0.4 is 0 Å². The summed E-state index contributed by atoms with van der Waals surface area (Å²) in [5.74, 6) is -2.36. The van der Waals surface area contributed by atoms with Crippen LogP contribution in [0.2, 0.25) is 0 Å². The molecule has 0 amide bonds. The maximum absolute atomic E-state index is 10.3. The quantitative estimate of drug-likeness (QED) is 0.146. The van der Waals surface area contributed by atoms with E-state index in [2.05, 4.69) is 0 Å². The summed E-state index contributed by atoms with van der Waals surface area (Å²) < 4.78 is 26.4. The van der Waals surface area contributed by atoms with Crippen molar-refractivity contribution in [2.75, 3.05) is 26.4 Å². The van der Waals surface area contributed by atoms with E-state index in [1.54, 1.807) is 0 Å². The number of hydrogen-bond donors (Lipinski definition) is 11. The van der Waals surface area contributed by atoms with Crippen molar-refractivity contribution in [1.82, 2.24) is 0 Å². The predicted octanol–water partition coefficient (Wildman–Crippen LogP) is -7.57. The highest BCUT2D eigenvalue weighted by atomic mass is 16.8. The first-order valence-corrected chi connectivity index (χ1v) is 10.6. The normalized spacial score (nSPS) is 52.1. The standard InChI is InChI=1S/C18H32O16/c19-1-5-8(22)11(25)13(27)16(31-5)30-3-7-9(23)12(26)14(28)17(32-7)34-18(4-21)15(29)10(24)6(2-20)33-18/h5-17,19-29H,1-4H2/t5-,6+,7-,8-,9-,10-,11+,12-,13-,14-,15+,16-,17-,18-/m0/s1. The van der Waals surface area contributed by atoms with Crippen molar-refractivity contribution in [2.24, 2.45) is 0 Å². The molecule has 0 aromatic rings. The van der Waals surface area contributed by atoms with Crippen LogP contribution in [0.3, 0.4) is 0 Å². The highest BCUT2D eigenvalue weighted by Gasteiger charge is 2.58. The smallest absolute Gasteiger partial charge is 0.224 e. The van der Waals surface area contributed by atoms with Gasteiger partial charge in [0.25, 0.3) is 0 Å². The van der Waals surface area contributed by atoms with Gasteiger partial charge in [0.15, 0.2) is 12.6 Å². The third-order valence-electron chi connectivity index (χ3n) is 6.16. The molecule has 0 radical (unpaired) electrons. The first-order chi connectivity index (χ1) is 16.0. The molecule has 3 fully saturated rings. The van der Waals surface area contributed by atoms with Gasteiger partial charge >= 0.3 is 0 Å². The molecule has 14 atom stereocenters. The lowest BCUT2D eigenvalue weighted by atomic mass is 9.98. The van der Waals surface area contributed by atoms with Crippen LogP contribution in [0.15, 0.2) is 0 Å². The Balaban J connectivity index is 1.69. The van der Waals surface area contributed by atoms with E-state index in [1.807, 2.05) is 0 Å². The van der Waals surface area contributed by atoms with E-state index >= 15 is 0 Å². The average molecular weight is 504 g/mol. The Labute approximate surface area is 192 Å². The van der Waals surface area contributed by atoms with Crippen molar-refractivity contribution in [3.05, 3.63) is 0 Å². The second-order valence-electron chi connectivity index (χ2n) is 8.41. The maximum atomic E-state index is 10.3. The van der Waals surface area contributed by atoms with Gasteiger partial charge < -0.3 is 79.9 Å². The van der Waals surface area contributed by atoms with Crippen molar-refractivity contribution in [3.8, 4) is 0 Å². The molecule has 16 nitrogen and oxygen atoms in total. The number of ether oxygens (including phenoxy) is 5. The maximum Gasteiger partial charge on any atom is 0.224 e. The lowest BCUT2D eigenvalue weighted by Gasteiger charge is -2.44. The third kappa shape index (κ3) is 5.09. The van der Waals surface area contributed by atoms with E-state index < -0.39 is 112 Å². The summed E-state index contributed by atoms with van der Waals surface area (Å²) >= 11 is 0. The number of aliphatic hydroxyl groups is 11. The van der Waals surface area contributed by atoms with Crippen LogP contribution in [-0.4, -0.2) is 168 Å². The van der Waals surface area contributed by atoms with Gasteiger partial charge in [0.2, 0.25) is 5.79 Å². The summed E-state index contributed by atoms with van der Waals surface area (Å²) in [6, 6.07) is 0. The zero-order valence-corrected chi connectivity index (χ0v) is 17.8. The molecule has 0 saturated carbocycles. The van der Waals surface area contributed by atoms with Gasteiger partial charge in [0.1, 0.15) is 73.8 Å². The summed E-state index contributed by atoms with van der Waals surface area (Å²) in [7, 11) is 0. The van der Waals surface area contributed by atoms with Gasteiger partial charge in [-0.2, -0.15) is 0 Å². The van der Waals surface area contributed by atoms with Gasteiger partial charge in [-0.1, -0.05) is 0 Å². The Hall–Kier alpha value is -0.640. The second kappa shape index (κ2) is 11.2. The van der Waals surface area contributed by atoms with Gasteiger partial charge in [0.05, 0.1) is 19.8 Å². The summed E-state index contributed by atoms with van der Waals surface area (Å²) in [4.78, 5) is 0. The largest absolute Gasteiger partial charge is 0.394 e. The van der Waals surface area contributed by atoms with Crippen LogP contribution in [0.25, 0.3) is 0 Å². The number of hydrogen-bond acceptors (Lipinski definition) is 16. The molecule has 3 heterocycles. The zero-order chi connectivity index (χ0) is 25.4. The first kappa shape index (κ1) is 27.9. The predicted molar refractivity (Wildman–Crippen MR) is 101 cm³/mol. The van der Waals surface area contributed by atoms with Crippen LogP contribution >= 0.6 is 0 Å². The Morgan fingerprint density at radius 2 is 1.12 bits per heavy atom. The Morgan fingerprint density at radius 1 is 0.588 bits per heavy atom. The van der Waals surface area contributed by atoms with Crippen LogP contribution in [-0.2, 0) is 23.7 Å². The molecule has 0 aromatic heterocycles. The SMILES string of the molecule is OC[C@@H]1O[C@H](OC[C@@H]2O[C@@H](O[C@]3(CO)O[C@H](CO)[C@H](O)[C@H]3O)[C@@H](O)[C@@H](O)[C@H]2O)[C@@H](O)[C@H](O)[C@H]1O. The lowest BCUT2D eigenvalue weighted by molar-refractivity contribution is -0.388. The van der Waals surface area contributed by atoms with E-state index in [1.165, 1.54) is 0 Å². The van der Waals surface area contributed by atoms with Crippen molar-refractivity contribution >= 4 is 0 Å². The van der Waals surface area contributed by atoms with Gasteiger partial charge in [0, 0.05) is 0 Å². The minimum atomic E-state index is -2.36. The molecule has 11 N–H and O–H groups in total. The average Bonchev–Trinajstić information content (AvgIpc) is 3.08. The van der Waals surface area contributed by atoms with E-state index in [9.17, 15) is 56.2 Å². The molecule has 3 aliphatic rings. The topological polar surface area (TPSA) is 269 Å². The summed E-state index contributed by atoms with van der Waals surface area (Å²) in [5.41, 5.74) is 0. The minimum Gasteiger partial charge on any atom is -0.394 e. The lowest BCUT2D eigenvalue weighted by Crippen LogP contribution is -2.63. The van der Waals surface area contributed by atoms with Gasteiger partial charge in [-0.05, 0) is 0 Å². The second-order valence-corrected chi connectivity index (χ2v) is 8.41. The molecule has 200 valence electrons. The molecular weight excluding hydrogens is 472 g/mol. The molecule has 0 aliphatic carbocycles. The highest BCUT2D eigenvalue weighted by molar-refractivity contribution is 4.98. The summed E-state index contributed by atoms with van der Waals surface area (Å²) in [5, 5.41) is 109. The van der Waals surface area contributed by atoms with E-state index in [4.69, 9.17) is 23.7 Å². The van der Waals surface area contributed by atoms with Crippen LogP contribution in [0, 0.1) is 0 Å². The number of rotatable bonds is 8. The van der Waals surface area contributed by atoms with Crippen LogP contribution in [0.4, 0.5) is 0 Å². The van der Waals surface area contributed by atoms with E-state index in [0.29, 0.717) is 0 Å². The zero-order valence-electron chi connectivity index (χ0n) is 17.8. The highest BCUT2D eigenvalue weighted by Crippen LogP contribution is 2.36. The van der Waals surface area contributed by atoms with Gasteiger partial charge in [-0.25, -0.2) is 0 Å². The fraction of sp³-hybridized carbons (Fsp3) is 1.00. The molecule has 34 heavy (non-hydrogen) atoms.